The van der Waals surface area contributed by atoms with Crippen molar-refractivity contribution >= 4 is 17.5 Å². The molecule has 0 fully saturated rings. The van der Waals surface area contributed by atoms with E-state index in [2.05, 4.69) is 10.6 Å². The minimum Gasteiger partial charge on any atom is -0.496 e. The van der Waals surface area contributed by atoms with Crippen molar-refractivity contribution in [2.24, 2.45) is 0 Å². The standard InChI is InChI=1S/C16H14F2N2O3/c1-23-13-8-3-2-5-10(13)16(22)19-9-14(21)20-15-11(17)6-4-7-12(15)18/h2-8H,9H2,1H3,(H,19,22)(H,20,21). The number of halogens is 2. The van der Waals surface area contributed by atoms with E-state index in [1.54, 1.807) is 18.2 Å². The summed E-state index contributed by atoms with van der Waals surface area (Å²) in [7, 11) is 1.42. The highest BCUT2D eigenvalue weighted by Crippen LogP contribution is 2.18. The quantitative estimate of drug-likeness (QED) is 0.888. The maximum atomic E-state index is 13.4. The van der Waals surface area contributed by atoms with Gasteiger partial charge >= 0.3 is 0 Å². The Hall–Kier alpha value is -2.96. The monoisotopic (exact) mass is 320 g/mol. The minimum atomic E-state index is -0.894. The van der Waals surface area contributed by atoms with Gasteiger partial charge in [-0.05, 0) is 24.3 Å². The first kappa shape index (κ1) is 16.4. The Kier molecular flexibility index (Phi) is 5.24. The van der Waals surface area contributed by atoms with Crippen LogP contribution in [0.25, 0.3) is 0 Å². The molecule has 2 rings (SSSR count). The van der Waals surface area contributed by atoms with Gasteiger partial charge in [0, 0.05) is 0 Å². The summed E-state index contributed by atoms with van der Waals surface area (Å²) in [5.41, 5.74) is -0.302. The number of hydrogen-bond acceptors (Lipinski definition) is 3. The molecule has 0 atom stereocenters. The molecular weight excluding hydrogens is 306 g/mol. The molecule has 0 aromatic heterocycles. The maximum absolute atomic E-state index is 13.4. The Labute approximate surface area is 131 Å². The lowest BCUT2D eigenvalue weighted by molar-refractivity contribution is -0.115. The third-order valence-corrected chi connectivity index (χ3v) is 2.99. The lowest BCUT2D eigenvalue weighted by Gasteiger charge is -2.10. The largest absolute Gasteiger partial charge is 0.496 e. The van der Waals surface area contributed by atoms with E-state index < -0.39 is 35.7 Å². The lowest BCUT2D eigenvalue weighted by Crippen LogP contribution is -2.33. The van der Waals surface area contributed by atoms with Gasteiger partial charge in [-0.2, -0.15) is 0 Å². The number of benzene rings is 2. The van der Waals surface area contributed by atoms with E-state index in [0.29, 0.717) is 5.75 Å². The van der Waals surface area contributed by atoms with Gasteiger partial charge in [0.2, 0.25) is 5.91 Å². The molecule has 0 unspecified atom stereocenters. The highest BCUT2D eigenvalue weighted by atomic mass is 19.1. The molecule has 0 aliphatic heterocycles. The Bertz CT molecular complexity index is 715. The topological polar surface area (TPSA) is 67.4 Å². The van der Waals surface area contributed by atoms with Crippen LogP contribution in [0, 0.1) is 11.6 Å². The molecule has 2 aromatic carbocycles. The van der Waals surface area contributed by atoms with Crippen LogP contribution in [0.4, 0.5) is 14.5 Å². The second kappa shape index (κ2) is 7.35. The maximum Gasteiger partial charge on any atom is 0.255 e. The van der Waals surface area contributed by atoms with Crippen LogP contribution in [-0.4, -0.2) is 25.5 Å². The third-order valence-electron chi connectivity index (χ3n) is 2.99. The van der Waals surface area contributed by atoms with Crippen LogP contribution < -0.4 is 15.4 Å². The van der Waals surface area contributed by atoms with E-state index in [1.807, 2.05) is 0 Å². The van der Waals surface area contributed by atoms with Gasteiger partial charge in [-0.1, -0.05) is 18.2 Å². The fourth-order valence-corrected chi connectivity index (χ4v) is 1.89. The van der Waals surface area contributed by atoms with Crippen LogP contribution in [0.5, 0.6) is 5.75 Å². The molecule has 0 spiro atoms. The summed E-state index contributed by atoms with van der Waals surface area (Å²) in [6.07, 6.45) is 0. The van der Waals surface area contributed by atoms with E-state index in [1.165, 1.54) is 19.2 Å². The molecule has 23 heavy (non-hydrogen) atoms. The summed E-state index contributed by atoms with van der Waals surface area (Å²) in [6, 6.07) is 9.70. The number of anilines is 1. The SMILES string of the molecule is COc1ccccc1C(=O)NCC(=O)Nc1c(F)cccc1F. The van der Waals surface area contributed by atoms with Gasteiger partial charge in [0.15, 0.2) is 0 Å². The number of ether oxygens (including phenoxy) is 1. The normalized spacial score (nSPS) is 10.0. The number of carbonyl (C=O) groups is 2. The van der Waals surface area contributed by atoms with Crippen molar-refractivity contribution in [3.05, 3.63) is 59.7 Å². The van der Waals surface area contributed by atoms with Crippen molar-refractivity contribution in [1.29, 1.82) is 0 Å². The molecule has 2 amide bonds. The second-order valence-corrected chi connectivity index (χ2v) is 4.53. The number of amides is 2. The second-order valence-electron chi connectivity index (χ2n) is 4.53. The average Bonchev–Trinajstić information content (AvgIpc) is 2.56. The number of methoxy groups -OCH3 is 1. The first-order chi connectivity index (χ1) is 11.0. The van der Waals surface area contributed by atoms with Crippen molar-refractivity contribution in [3.63, 3.8) is 0 Å². The molecule has 0 bridgehead atoms. The van der Waals surface area contributed by atoms with Crippen LogP contribution in [0.3, 0.4) is 0 Å². The van der Waals surface area contributed by atoms with Gasteiger partial charge in [-0.25, -0.2) is 8.78 Å². The van der Waals surface area contributed by atoms with Gasteiger partial charge in [-0.15, -0.1) is 0 Å². The summed E-state index contributed by atoms with van der Waals surface area (Å²) in [4.78, 5) is 23.7. The molecule has 0 aliphatic rings. The van der Waals surface area contributed by atoms with Crippen molar-refractivity contribution in [2.75, 3.05) is 19.0 Å². The van der Waals surface area contributed by atoms with E-state index in [0.717, 1.165) is 12.1 Å². The van der Waals surface area contributed by atoms with Crippen molar-refractivity contribution < 1.29 is 23.1 Å². The Morgan fingerprint density at radius 2 is 1.70 bits per heavy atom. The summed E-state index contributed by atoms with van der Waals surface area (Å²) in [5.74, 6) is -2.72. The summed E-state index contributed by atoms with van der Waals surface area (Å²) < 4.78 is 31.9. The summed E-state index contributed by atoms with van der Waals surface area (Å²) >= 11 is 0. The van der Waals surface area contributed by atoms with Crippen molar-refractivity contribution in [2.45, 2.75) is 0 Å². The van der Waals surface area contributed by atoms with Crippen LogP contribution >= 0.6 is 0 Å². The molecule has 0 heterocycles. The molecule has 0 aliphatic carbocycles. The predicted molar refractivity (Wildman–Crippen MR) is 80.3 cm³/mol. The number of hydrogen-bond donors (Lipinski definition) is 2. The number of rotatable bonds is 5. The molecule has 120 valence electrons. The van der Waals surface area contributed by atoms with E-state index in [-0.39, 0.29) is 5.56 Å². The molecule has 0 radical (unpaired) electrons. The number of nitrogens with one attached hydrogen (secondary N) is 2. The lowest BCUT2D eigenvalue weighted by atomic mass is 10.2. The molecule has 0 saturated carbocycles. The molecule has 2 aromatic rings. The van der Waals surface area contributed by atoms with Gasteiger partial charge in [0.1, 0.15) is 23.1 Å². The van der Waals surface area contributed by atoms with E-state index in [9.17, 15) is 18.4 Å². The Morgan fingerprint density at radius 3 is 2.35 bits per heavy atom. The van der Waals surface area contributed by atoms with Gasteiger partial charge in [-0.3, -0.25) is 9.59 Å². The molecule has 2 N–H and O–H groups in total. The zero-order chi connectivity index (χ0) is 16.8. The van der Waals surface area contributed by atoms with Crippen molar-refractivity contribution in [1.82, 2.24) is 5.32 Å². The van der Waals surface area contributed by atoms with Gasteiger partial charge in [0.05, 0.1) is 19.2 Å². The molecule has 5 nitrogen and oxygen atoms in total. The average molecular weight is 320 g/mol. The molecule has 7 heteroatoms. The smallest absolute Gasteiger partial charge is 0.255 e. The number of para-hydroxylation sites is 2. The van der Waals surface area contributed by atoms with E-state index in [4.69, 9.17) is 4.74 Å². The van der Waals surface area contributed by atoms with Crippen LogP contribution in [-0.2, 0) is 4.79 Å². The number of carbonyl (C=O) groups excluding carboxylic acids is 2. The predicted octanol–water partition coefficient (Wildman–Crippen LogP) is 2.34. The van der Waals surface area contributed by atoms with Gasteiger partial charge < -0.3 is 15.4 Å². The summed E-state index contributed by atoms with van der Waals surface area (Å²) in [5, 5.41) is 4.44. The van der Waals surface area contributed by atoms with Crippen LogP contribution in [0.15, 0.2) is 42.5 Å². The fourth-order valence-electron chi connectivity index (χ4n) is 1.89. The Morgan fingerprint density at radius 1 is 1.04 bits per heavy atom. The summed E-state index contributed by atoms with van der Waals surface area (Å²) in [6.45, 7) is -0.440. The molecule has 0 saturated heterocycles. The van der Waals surface area contributed by atoms with Gasteiger partial charge in [0.25, 0.3) is 5.91 Å². The zero-order valence-corrected chi connectivity index (χ0v) is 12.2. The highest BCUT2D eigenvalue weighted by molar-refractivity contribution is 6.00. The first-order valence-corrected chi connectivity index (χ1v) is 6.68. The van der Waals surface area contributed by atoms with Crippen molar-refractivity contribution in [3.8, 4) is 5.75 Å². The Balaban J connectivity index is 1.98. The minimum absolute atomic E-state index is 0.250. The zero-order valence-electron chi connectivity index (χ0n) is 12.2. The fraction of sp³-hybridized carbons (Fsp3) is 0.125. The van der Waals surface area contributed by atoms with Crippen LogP contribution in [0.2, 0.25) is 0 Å². The van der Waals surface area contributed by atoms with E-state index >= 15 is 0 Å². The van der Waals surface area contributed by atoms with Crippen LogP contribution in [0.1, 0.15) is 10.4 Å². The highest BCUT2D eigenvalue weighted by Gasteiger charge is 2.15. The molecular formula is C16H14F2N2O3. The third kappa shape index (κ3) is 4.03. The first-order valence-electron chi connectivity index (χ1n) is 6.68.